The molecule has 0 N–H and O–H groups in total. The highest BCUT2D eigenvalue weighted by Crippen LogP contribution is 2.25. The number of benzene rings is 1. The van der Waals surface area contributed by atoms with E-state index in [0.29, 0.717) is 5.56 Å². The zero-order valence-corrected chi connectivity index (χ0v) is 8.45. The lowest BCUT2D eigenvalue weighted by atomic mass is 10.0. The van der Waals surface area contributed by atoms with Gasteiger partial charge in [-0.25, -0.2) is 0 Å². The molecule has 1 atom stereocenters. The first-order valence-electron chi connectivity index (χ1n) is 4.55. The molecule has 0 saturated heterocycles. The Morgan fingerprint density at radius 1 is 1.50 bits per heavy atom. The summed E-state index contributed by atoms with van der Waals surface area (Å²) in [5.41, 5.74) is 0.681. The molecular formula is C10H8N3O3-. The van der Waals surface area contributed by atoms with E-state index >= 15 is 0 Å². The van der Waals surface area contributed by atoms with Crippen LogP contribution in [-0.4, -0.2) is 19.3 Å². The average molecular weight is 218 g/mol. The molecule has 0 spiro atoms. The third kappa shape index (κ3) is 1.77. The van der Waals surface area contributed by atoms with Crippen molar-refractivity contribution in [2.75, 3.05) is 7.11 Å². The van der Waals surface area contributed by atoms with Crippen molar-refractivity contribution in [3.8, 4) is 5.75 Å². The molecule has 1 aliphatic heterocycles. The van der Waals surface area contributed by atoms with Gasteiger partial charge in [0.25, 0.3) is 0 Å². The number of aromatic carboxylic acids is 1. The van der Waals surface area contributed by atoms with Crippen LogP contribution in [-0.2, 0) is 0 Å². The number of carboxylic acids is 1. The summed E-state index contributed by atoms with van der Waals surface area (Å²) in [4.78, 5) is 10.9. The monoisotopic (exact) mass is 218 g/mol. The summed E-state index contributed by atoms with van der Waals surface area (Å²) in [7, 11) is 1.40. The zero-order valence-electron chi connectivity index (χ0n) is 8.45. The highest BCUT2D eigenvalue weighted by molar-refractivity contribution is 5.89. The lowest BCUT2D eigenvalue weighted by Crippen LogP contribution is -2.23. The summed E-state index contributed by atoms with van der Waals surface area (Å²) >= 11 is 0. The zero-order chi connectivity index (χ0) is 11.5. The molecule has 1 aromatic carbocycles. The first-order valence-corrected chi connectivity index (χ1v) is 4.55. The number of hydrogen-bond acceptors (Lipinski definition) is 6. The Balaban J connectivity index is 2.42. The van der Waals surface area contributed by atoms with E-state index in [1.807, 2.05) is 0 Å². The molecule has 82 valence electrons. The van der Waals surface area contributed by atoms with Crippen LogP contribution < -0.4 is 9.84 Å². The van der Waals surface area contributed by atoms with Gasteiger partial charge in [0, 0.05) is 5.56 Å². The minimum Gasteiger partial charge on any atom is -0.545 e. The fourth-order valence-corrected chi connectivity index (χ4v) is 1.43. The second kappa shape index (κ2) is 4.09. The fraction of sp³-hybridized carbons (Fsp3) is 0.200. The fourth-order valence-electron chi connectivity index (χ4n) is 1.43. The lowest BCUT2D eigenvalue weighted by Gasteiger charge is -2.11. The Hall–Kier alpha value is -2.24. The van der Waals surface area contributed by atoms with Gasteiger partial charge in [-0.1, -0.05) is 6.07 Å². The van der Waals surface area contributed by atoms with Gasteiger partial charge in [-0.3, -0.25) is 0 Å². The van der Waals surface area contributed by atoms with Crippen molar-refractivity contribution < 1.29 is 14.6 Å². The van der Waals surface area contributed by atoms with Gasteiger partial charge in [0.2, 0.25) is 0 Å². The van der Waals surface area contributed by atoms with Gasteiger partial charge >= 0.3 is 0 Å². The summed E-state index contributed by atoms with van der Waals surface area (Å²) < 4.78 is 4.92. The van der Waals surface area contributed by atoms with E-state index in [2.05, 4.69) is 15.4 Å². The van der Waals surface area contributed by atoms with Gasteiger partial charge in [-0.2, -0.15) is 5.11 Å². The Morgan fingerprint density at radius 3 is 2.88 bits per heavy atom. The van der Waals surface area contributed by atoms with E-state index < -0.39 is 5.97 Å². The largest absolute Gasteiger partial charge is 0.545 e. The molecule has 6 heteroatoms. The van der Waals surface area contributed by atoms with Gasteiger partial charge < -0.3 is 14.6 Å². The van der Waals surface area contributed by atoms with Crippen molar-refractivity contribution in [2.45, 2.75) is 6.04 Å². The van der Waals surface area contributed by atoms with Crippen LogP contribution >= 0.6 is 0 Å². The van der Waals surface area contributed by atoms with Crippen LogP contribution in [0.3, 0.4) is 0 Å². The molecule has 1 unspecified atom stereocenters. The maximum Gasteiger partial charge on any atom is 0.135 e. The van der Waals surface area contributed by atoms with E-state index in [9.17, 15) is 9.90 Å². The molecule has 0 fully saturated rings. The molecule has 16 heavy (non-hydrogen) atoms. The number of hydrogen-bond donors (Lipinski definition) is 0. The summed E-state index contributed by atoms with van der Waals surface area (Å²) in [5.74, 6) is -1.03. The van der Waals surface area contributed by atoms with Crippen molar-refractivity contribution >= 4 is 12.2 Å². The lowest BCUT2D eigenvalue weighted by molar-refractivity contribution is -0.255. The Kier molecular flexibility index (Phi) is 2.63. The molecule has 1 aromatic rings. The molecule has 0 amide bonds. The Labute approximate surface area is 91.3 Å². The highest BCUT2D eigenvalue weighted by Gasteiger charge is 2.14. The van der Waals surface area contributed by atoms with E-state index in [1.54, 1.807) is 12.1 Å². The maximum absolute atomic E-state index is 10.9. The summed E-state index contributed by atoms with van der Waals surface area (Å²) in [6.45, 7) is 0. The number of carbonyl (C=O) groups excluding carboxylic acids is 1. The van der Waals surface area contributed by atoms with Gasteiger partial charge in [-0.15, -0.1) is 5.10 Å². The summed E-state index contributed by atoms with van der Waals surface area (Å²) in [5, 5.41) is 21.7. The average Bonchev–Trinajstić information content (AvgIpc) is 2.81. The maximum atomic E-state index is 10.9. The van der Waals surface area contributed by atoms with Gasteiger partial charge in [0.1, 0.15) is 11.8 Å². The van der Waals surface area contributed by atoms with Crippen LogP contribution in [0.4, 0.5) is 0 Å². The molecule has 0 aliphatic carbocycles. The molecule has 6 nitrogen and oxygen atoms in total. The first-order chi connectivity index (χ1) is 7.72. The third-order valence-electron chi connectivity index (χ3n) is 2.22. The van der Waals surface area contributed by atoms with Crippen molar-refractivity contribution in [1.29, 1.82) is 0 Å². The van der Waals surface area contributed by atoms with Crippen molar-refractivity contribution in [3.63, 3.8) is 0 Å². The van der Waals surface area contributed by atoms with Gasteiger partial charge in [0.15, 0.2) is 0 Å². The van der Waals surface area contributed by atoms with Crippen molar-refractivity contribution in [1.82, 2.24) is 0 Å². The van der Waals surface area contributed by atoms with Crippen LogP contribution in [0, 0.1) is 0 Å². The standard InChI is InChI=1S/C10H9N3O3/c1-16-9-3-2-6(4-7(9)10(14)15)8-5-11-13-12-8/h2-5,8H,1H3,(H,14,15)/p-1. The number of rotatable bonds is 3. The molecule has 0 bridgehead atoms. The van der Waals surface area contributed by atoms with E-state index in [1.165, 1.54) is 19.4 Å². The molecular weight excluding hydrogens is 210 g/mol. The van der Waals surface area contributed by atoms with E-state index in [-0.39, 0.29) is 17.4 Å². The van der Waals surface area contributed by atoms with Crippen LogP contribution in [0.15, 0.2) is 33.6 Å². The number of nitrogens with zero attached hydrogens (tertiary/aromatic N) is 3. The predicted molar refractivity (Wildman–Crippen MR) is 53.4 cm³/mol. The molecule has 0 saturated carbocycles. The Bertz CT molecular complexity index is 470. The normalized spacial score (nSPS) is 17.7. The second-order valence-corrected chi connectivity index (χ2v) is 3.16. The highest BCUT2D eigenvalue weighted by atomic mass is 16.5. The SMILES string of the molecule is COc1ccc(C2C=NN=N2)cc1C(=O)[O-]. The molecule has 0 radical (unpaired) electrons. The van der Waals surface area contributed by atoms with E-state index in [4.69, 9.17) is 4.74 Å². The Morgan fingerprint density at radius 2 is 2.31 bits per heavy atom. The van der Waals surface area contributed by atoms with E-state index in [0.717, 1.165) is 0 Å². The number of carbonyl (C=O) groups is 1. The van der Waals surface area contributed by atoms with Gasteiger partial charge in [0.05, 0.1) is 19.3 Å². The minimum absolute atomic E-state index is 0.00417. The molecule has 2 rings (SSSR count). The minimum atomic E-state index is -1.29. The second-order valence-electron chi connectivity index (χ2n) is 3.16. The number of methoxy groups -OCH3 is 1. The predicted octanol–water partition coefficient (Wildman–Crippen LogP) is 0.551. The first kappa shape index (κ1) is 10.3. The van der Waals surface area contributed by atoms with Gasteiger partial charge in [-0.05, 0) is 22.9 Å². The molecule has 1 aliphatic rings. The number of ether oxygens (including phenoxy) is 1. The quantitative estimate of drug-likeness (QED) is 0.742. The van der Waals surface area contributed by atoms with Crippen molar-refractivity contribution in [2.24, 2.45) is 15.4 Å². The summed E-state index contributed by atoms with van der Waals surface area (Å²) in [6, 6.07) is 4.40. The summed E-state index contributed by atoms with van der Waals surface area (Å²) in [6.07, 6.45) is 1.53. The van der Waals surface area contributed by atoms with Crippen LogP contribution in [0.25, 0.3) is 0 Å². The topological polar surface area (TPSA) is 86.4 Å². The molecule has 0 aromatic heterocycles. The van der Waals surface area contributed by atoms with Crippen LogP contribution in [0.2, 0.25) is 0 Å². The molecule has 1 heterocycles. The smallest absolute Gasteiger partial charge is 0.135 e. The third-order valence-corrected chi connectivity index (χ3v) is 2.22. The number of carboxylic acid groups (broad SMARTS) is 1. The van der Waals surface area contributed by atoms with Crippen LogP contribution in [0.5, 0.6) is 5.75 Å². The van der Waals surface area contributed by atoms with Crippen LogP contribution in [0.1, 0.15) is 22.0 Å². The van der Waals surface area contributed by atoms with Crippen molar-refractivity contribution in [3.05, 3.63) is 29.3 Å².